The summed E-state index contributed by atoms with van der Waals surface area (Å²) in [5.74, 6) is 0.217. The molecule has 1 aliphatic rings. The Balaban J connectivity index is 2.30. The molecule has 18 heavy (non-hydrogen) atoms. The molecule has 0 radical (unpaired) electrons. The molecule has 0 saturated heterocycles. The van der Waals surface area contributed by atoms with E-state index in [1.807, 2.05) is 7.05 Å². The minimum absolute atomic E-state index is 0.217. The van der Waals surface area contributed by atoms with Gasteiger partial charge in [-0.2, -0.15) is 0 Å². The van der Waals surface area contributed by atoms with Gasteiger partial charge in [-0.3, -0.25) is 4.79 Å². The summed E-state index contributed by atoms with van der Waals surface area (Å²) in [6, 6.07) is 6.91. The molecule has 0 spiro atoms. The van der Waals surface area contributed by atoms with Gasteiger partial charge in [0, 0.05) is 25.2 Å². The summed E-state index contributed by atoms with van der Waals surface area (Å²) < 4.78 is 0. The number of benzene rings is 1. The number of nitrogens with one attached hydrogen (secondary N) is 1. The lowest BCUT2D eigenvalue weighted by Crippen LogP contribution is -2.31. The van der Waals surface area contributed by atoms with Gasteiger partial charge in [-0.1, -0.05) is 26.0 Å². The summed E-state index contributed by atoms with van der Waals surface area (Å²) in [5.41, 5.74) is 3.70. The average molecular weight is 246 g/mol. The molecule has 1 amide bonds. The van der Waals surface area contributed by atoms with E-state index in [2.05, 4.69) is 37.4 Å². The van der Waals surface area contributed by atoms with Crippen LogP contribution >= 0.6 is 0 Å². The Morgan fingerprint density at radius 2 is 2.11 bits per heavy atom. The van der Waals surface area contributed by atoms with Gasteiger partial charge in [-0.15, -0.1) is 0 Å². The lowest BCUT2D eigenvalue weighted by atomic mass is 9.95. The number of carbonyl (C=O) groups excluding carboxylic acids is 1. The van der Waals surface area contributed by atoms with Gasteiger partial charge in [0.2, 0.25) is 5.91 Å². The van der Waals surface area contributed by atoms with Crippen LogP contribution in [0.25, 0.3) is 0 Å². The molecule has 0 fully saturated rings. The van der Waals surface area contributed by atoms with E-state index in [9.17, 15) is 4.79 Å². The van der Waals surface area contributed by atoms with Crippen molar-refractivity contribution in [3.63, 3.8) is 0 Å². The fourth-order valence-electron chi connectivity index (χ4n) is 2.64. The number of aryl methyl sites for hydroxylation is 1. The van der Waals surface area contributed by atoms with E-state index in [0.29, 0.717) is 12.5 Å². The maximum Gasteiger partial charge on any atom is 0.227 e. The second-order valence-corrected chi connectivity index (χ2v) is 4.86. The third-order valence-electron chi connectivity index (χ3n) is 3.71. The van der Waals surface area contributed by atoms with Crippen LogP contribution in [0, 0.1) is 0 Å². The van der Waals surface area contributed by atoms with Crippen molar-refractivity contribution in [1.82, 2.24) is 5.32 Å². The highest BCUT2D eigenvalue weighted by molar-refractivity contribution is 5.95. The van der Waals surface area contributed by atoms with E-state index in [1.54, 1.807) is 4.90 Å². The summed E-state index contributed by atoms with van der Waals surface area (Å²) in [7, 11) is 1.86. The van der Waals surface area contributed by atoms with Crippen LogP contribution in [0.5, 0.6) is 0 Å². The second kappa shape index (κ2) is 5.53. The number of hydrogen-bond donors (Lipinski definition) is 1. The molecule has 3 nitrogen and oxygen atoms in total. The quantitative estimate of drug-likeness (QED) is 0.886. The zero-order chi connectivity index (χ0) is 13.1. The minimum atomic E-state index is 0.217. The number of anilines is 1. The summed E-state index contributed by atoms with van der Waals surface area (Å²) in [5, 5.41) is 3.49. The molecular formula is C15H22N2O. The molecule has 1 aliphatic heterocycles. The van der Waals surface area contributed by atoms with Crippen LogP contribution in [0.4, 0.5) is 5.69 Å². The van der Waals surface area contributed by atoms with Crippen LogP contribution in [0.1, 0.15) is 43.9 Å². The fourth-order valence-corrected chi connectivity index (χ4v) is 2.64. The van der Waals surface area contributed by atoms with Gasteiger partial charge in [0.05, 0.1) is 0 Å². The highest BCUT2D eigenvalue weighted by Crippen LogP contribution is 2.30. The Kier molecular flexibility index (Phi) is 4.02. The van der Waals surface area contributed by atoms with Crippen LogP contribution in [0.2, 0.25) is 0 Å². The largest absolute Gasteiger partial charge is 0.315 e. The first-order chi connectivity index (χ1) is 8.67. The summed E-state index contributed by atoms with van der Waals surface area (Å²) in [4.78, 5) is 13.4. The Bertz CT molecular complexity index is 442. The van der Waals surface area contributed by atoms with Gasteiger partial charge in [0.25, 0.3) is 0 Å². The molecule has 0 aromatic heterocycles. The minimum Gasteiger partial charge on any atom is -0.315 e. The molecule has 1 atom stereocenters. The summed E-state index contributed by atoms with van der Waals surface area (Å²) in [6.07, 6.45) is 2.58. The van der Waals surface area contributed by atoms with E-state index in [-0.39, 0.29) is 5.91 Å². The number of carbonyl (C=O) groups is 1. The van der Waals surface area contributed by atoms with Crippen LogP contribution in [-0.2, 0) is 11.2 Å². The Morgan fingerprint density at radius 3 is 2.78 bits per heavy atom. The van der Waals surface area contributed by atoms with Crippen LogP contribution in [0.3, 0.4) is 0 Å². The van der Waals surface area contributed by atoms with Gasteiger partial charge >= 0.3 is 0 Å². The monoisotopic (exact) mass is 246 g/mol. The van der Waals surface area contributed by atoms with E-state index in [4.69, 9.17) is 0 Å². The second-order valence-electron chi connectivity index (χ2n) is 4.86. The lowest BCUT2D eigenvalue weighted by molar-refractivity contribution is -0.118. The first kappa shape index (κ1) is 13.1. The normalized spacial score (nSPS) is 16.6. The van der Waals surface area contributed by atoms with Gasteiger partial charge in [0.15, 0.2) is 0 Å². The Morgan fingerprint density at radius 1 is 1.33 bits per heavy atom. The summed E-state index contributed by atoms with van der Waals surface area (Å²) >= 11 is 0. The number of nitrogens with zero attached hydrogens (tertiary/aromatic N) is 1. The van der Waals surface area contributed by atoms with Crippen LogP contribution in [-0.4, -0.2) is 19.5 Å². The highest BCUT2D eigenvalue weighted by atomic mass is 16.2. The van der Waals surface area contributed by atoms with E-state index in [0.717, 1.165) is 25.1 Å². The molecule has 1 N–H and O–H groups in total. The predicted octanol–water partition coefficient (Wildman–Crippen LogP) is 2.66. The predicted molar refractivity (Wildman–Crippen MR) is 74.9 cm³/mol. The van der Waals surface area contributed by atoms with Gasteiger partial charge in [0.1, 0.15) is 0 Å². The van der Waals surface area contributed by atoms with Crippen molar-refractivity contribution in [2.75, 3.05) is 18.5 Å². The molecular weight excluding hydrogens is 224 g/mol. The van der Waals surface area contributed by atoms with Crippen molar-refractivity contribution < 1.29 is 4.79 Å². The summed E-state index contributed by atoms with van der Waals surface area (Å²) in [6.45, 7) is 5.31. The average Bonchev–Trinajstić information content (AvgIpc) is 2.40. The van der Waals surface area contributed by atoms with E-state index >= 15 is 0 Å². The highest BCUT2D eigenvalue weighted by Gasteiger charge is 2.21. The van der Waals surface area contributed by atoms with Crippen molar-refractivity contribution >= 4 is 11.6 Å². The lowest BCUT2D eigenvalue weighted by Gasteiger charge is -2.27. The molecule has 0 bridgehead atoms. The maximum absolute atomic E-state index is 11.6. The smallest absolute Gasteiger partial charge is 0.227 e. The van der Waals surface area contributed by atoms with Crippen molar-refractivity contribution in [3.8, 4) is 0 Å². The van der Waals surface area contributed by atoms with Crippen molar-refractivity contribution in [2.24, 2.45) is 0 Å². The molecule has 1 aromatic rings. The van der Waals surface area contributed by atoms with Crippen molar-refractivity contribution in [2.45, 2.75) is 39.2 Å². The first-order valence-corrected chi connectivity index (χ1v) is 6.80. The molecule has 0 aliphatic carbocycles. The molecule has 1 aromatic carbocycles. The van der Waals surface area contributed by atoms with E-state index < -0.39 is 0 Å². The molecule has 1 heterocycles. The van der Waals surface area contributed by atoms with Crippen LogP contribution in [0.15, 0.2) is 18.2 Å². The number of fused-ring (bicyclic) bond motifs is 1. The fraction of sp³-hybridized carbons (Fsp3) is 0.533. The zero-order valence-corrected chi connectivity index (χ0v) is 11.5. The standard InChI is InChI=1S/C15H22N2O/c1-4-13(16-5-2)11-6-8-14-12(10-11)7-9-15(18)17(14)3/h6,8,10,13,16H,4-5,7,9H2,1-3H3. The number of hydrogen-bond acceptors (Lipinski definition) is 2. The Hall–Kier alpha value is -1.35. The third kappa shape index (κ3) is 2.41. The SMILES string of the molecule is CCNC(CC)c1ccc2c(c1)CCC(=O)N2C. The topological polar surface area (TPSA) is 32.3 Å². The molecule has 3 heteroatoms. The number of rotatable bonds is 4. The van der Waals surface area contributed by atoms with E-state index in [1.165, 1.54) is 11.1 Å². The van der Waals surface area contributed by atoms with Crippen molar-refractivity contribution in [1.29, 1.82) is 0 Å². The maximum atomic E-state index is 11.6. The zero-order valence-electron chi connectivity index (χ0n) is 11.5. The number of amides is 1. The van der Waals surface area contributed by atoms with Gasteiger partial charge in [-0.25, -0.2) is 0 Å². The molecule has 98 valence electrons. The first-order valence-electron chi connectivity index (χ1n) is 6.80. The Labute approximate surface area is 109 Å². The molecule has 1 unspecified atom stereocenters. The molecule has 2 rings (SSSR count). The van der Waals surface area contributed by atoms with Gasteiger partial charge in [-0.05, 0) is 36.6 Å². The van der Waals surface area contributed by atoms with Crippen molar-refractivity contribution in [3.05, 3.63) is 29.3 Å². The molecule has 0 saturated carbocycles. The van der Waals surface area contributed by atoms with Crippen LogP contribution < -0.4 is 10.2 Å². The third-order valence-corrected chi connectivity index (χ3v) is 3.71. The van der Waals surface area contributed by atoms with Gasteiger partial charge < -0.3 is 10.2 Å².